The smallest absolute Gasteiger partial charge is 0.240 e. The van der Waals surface area contributed by atoms with Gasteiger partial charge in [-0.1, -0.05) is 18.2 Å². The second kappa shape index (κ2) is 8.66. The van der Waals surface area contributed by atoms with Crippen molar-refractivity contribution in [1.82, 2.24) is 5.32 Å². The lowest BCUT2D eigenvalue weighted by molar-refractivity contribution is -0.117. The minimum atomic E-state index is 0.0983. The number of carbonyl (C=O) groups is 1. The van der Waals surface area contributed by atoms with Crippen LogP contribution in [0, 0.1) is 0 Å². The Kier molecular flexibility index (Phi) is 7.06. The van der Waals surface area contributed by atoms with E-state index >= 15 is 0 Å². The second-order valence-electron chi connectivity index (χ2n) is 4.00. The normalized spacial score (nSPS) is 10.3. The zero-order chi connectivity index (χ0) is 13.2. The zero-order valence-corrected chi connectivity index (χ0v) is 11.2. The molecule has 0 bridgehead atoms. The standard InChI is InChI=1S/C14H22N2O2/c1-3-16(13-8-5-4-6-9-13)14(17)12-15-10-7-11-18-2/h4-6,8-9,15H,3,7,10-12H2,1-2H3. The molecule has 0 saturated heterocycles. The van der Waals surface area contributed by atoms with Crippen LogP contribution in [0.2, 0.25) is 0 Å². The highest BCUT2D eigenvalue weighted by Crippen LogP contribution is 2.12. The third-order valence-electron chi connectivity index (χ3n) is 2.66. The van der Waals surface area contributed by atoms with Gasteiger partial charge in [-0.3, -0.25) is 4.79 Å². The highest BCUT2D eigenvalue weighted by molar-refractivity contribution is 5.94. The third-order valence-corrected chi connectivity index (χ3v) is 2.66. The molecule has 0 spiro atoms. The average molecular weight is 250 g/mol. The number of benzene rings is 1. The number of nitrogens with zero attached hydrogens (tertiary/aromatic N) is 1. The van der Waals surface area contributed by atoms with Gasteiger partial charge in [0.25, 0.3) is 0 Å². The number of anilines is 1. The summed E-state index contributed by atoms with van der Waals surface area (Å²) in [6.45, 7) is 4.55. The summed E-state index contributed by atoms with van der Waals surface area (Å²) >= 11 is 0. The van der Waals surface area contributed by atoms with Crippen molar-refractivity contribution >= 4 is 11.6 Å². The van der Waals surface area contributed by atoms with Gasteiger partial charge in [-0.25, -0.2) is 0 Å². The number of rotatable bonds is 8. The molecule has 0 fully saturated rings. The van der Waals surface area contributed by atoms with Crippen molar-refractivity contribution in [1.29, 1.82) is 0 Å². The van der Waals surface area contributed by atoms with E-state index in [1.807, 2.05) is 37.3 Å². The lowest BCUT2D eigenvalue weighted by Gasteiger charge is -2.21. The minimum absolute atomic E-state index is 0.0983. The van der Waals surface area contributed by atoms with E-state index in [0.29, 0.717) is 13.1 Å². The number of hydrogen-bond acceptors (Lipinski definition) is 3. The Morgan fingerprint density at radius 2 is 2.06 bits per heavy atom. The first-order chi connectivity index (χ1) is 8.79. The highest BCUT2D eigenvalue weighted by atomic mass is 16.5. The number of amides is 1. The molecule has 0 heterocycles. The molecule has 1 N–H and O–H groups in total. The first-order valence-corrected chi connectivity index (χ1v) is 6.34. The molecule has 1 amide bonds. The Morgan fingerprint density at radius 1 is 1.33 bits per heavy atom. The van der Waals surface area contributed by atoms with Crippen molar-refractivity contribution in [3.63, 3.8) is 0 Å². The maximum Gasteiger partial charge on any atom is 0.240 e. The van der Waals surface area contributed by atoms with Gasteiger partial charge in [-0.2, -0.15) is 0 Å². The van der Waals surface area contributed by atoms with Gasteiger partial charge in [-0.15, -0.1) is 0 Å². The van der Waals surface area contributed by atoms with Crippen molar-refractivity contribution in [2.75, 3.05) is 38.3 Å². The van der Waals surface area contributed by atoms with Gasteiger partial charge < -0.3 is 15.0 Å². The SMILES string of the molecule is CCN(C(=O)CNCCCOC)c1ccccc1. The zero-order valence-electron chi connectivity index (χ0n) is 11.2. The summed E-state index contributed by atoms with van der Waals surface area (Å²) in [4.78, 5) is 13.8. The van der Waals surface area contributed by atoms with E-state index in [9.17, 15) is 4.79 Å². The summed E-state index contributed by atoms with van der Waals surface area (Å²) < 4.78 is 4.95. The minimum Gasteiger partial charge on any atom is -0.385 e. The highest BCUT2D eigenvalue weighted by Gasteiger charge is 2.12. The molecule has 0 aliphatic heterocycles. The molecule has 0 atom stereocenters. The predicted octanol–water partition coefficient (Wildman–Crippen LogP) is 1.67. The third kappa shape index (κ3) is 4.85. The molecule has 4 heteroatoms. The van der Waals surface area contributed by atoms with Crippen molar-refractivity contribution < 1.29 is 9.53 Å². The van der Waals surface area contributed by atoms with Crippen LogP contribution in [0.4, 0.5) is 5.69 Å². The molecule has 0 aromatic heterocycles. The largest absolute Gasteiger partial charge is 0.385 e. The second-order valence-corrected chi connectivity index (χ2v) is 4.00. The summed E-state index contributed by atoms with van der Waals surface area (Å²) in [7, 11) is 1.68. The maximum atomic E-state index is 12.0. The topological polar surface area (TPSA) is 41.6 Å². The molecule has 4 nitrogen and oxygen atoms in total. The number of para-hydroxylation sites is 1. The molecular weight excluding hydrogens is 228 g/mol. The maximum absolute atomic E-state index is 12.0. The van der Waals surface area contributed by atoms with Gasteiger partial charge in [0.05, 0.1) is 6.54 Å². The number of carbonyl (C=O) groups excluding carboxylic acids is 1. The molecule has 100 valence electrons. The molecule has 0 aliphatic carbocycles. The van der Waals surface area contributed by atoms with E-state index in [2.05, 4.69) is 5.32 Å². The summed E-state index contributed by atoms with van der Waals surface area (Å²) in [5, 5.41) is 3.13. The van der Waals surface area contributed by atoms with Crippen LogP contribution < -0.4 is 10.2 Å². The summed E-state index contributed by atoms with van der Waals surface area (Å²) in [5.74, 6) is 0.0983. The Hall–Kier alpha value is -1.39. The number of hydrogen-bond donors (Lipinski definition) is 1. The summed E-state index contributed by atoms with van der Waals surface area (Å²) in [6.07, 6.45) is 0.918. The van der Waals surface area contributed by atoms with Crippen LogP contribution in [0.5, 0.6) is 0 Å². The Labute approximate surface area is 109 Å². The molecule has 18 heavy (non-hydrogen) atoms. The van der Waals surface area contributed by atoms with Crippen molar-refractivity contribution in [3.8, 4) is 0 Å². The quantitative estimate of drug-likeness (QED) is 0.714. The summed E-state index contributed by atoms with van der Waals surface area (Å²) in [6, 6.07) is 9.73. The average Bonchev–Trinajstić information content (AvgIpc) is 2.40. The van der Waals surface area contributed by atoms with Crippen LogP contribution in [0.3, 0.4) is 0 Å². The van der Waals surface area contributed by atoms with Crippen LogP contribution in [0.15, 0.2) is 30.3 Å². The van der Waals surface area contributed by atoms with Crippen LogP contribution in [-0.2, 0) is 9.53 Å². The van der Waals surface area contributed by atoms with E-state index in [1.54, 1.807) is 12.0 Å². The molecule has 0 saturated carbocycles. The molecule has 1 aromatic rings. The van der Waals surface area contributed by atoms with Crippen molar-refractivity contribution in [2.24, 2.45) is 0 Å². The molecule has 0 aliphatic rings. The number of nitrogens with one attached hydrogen (secondary N) is 1. The molecule has 0 radical (unpaired) electrons. The fraction of sp³-hybridized carbons (Fsp3) is 0.500. The number of likely N-dealkylation sites (N-methyl/N-ethyl adjacent to an activating group) is 1. The van der Waals surface area contributed by atoms with Crippen LogP contribution in [0.1, 0.15) is 13.3 Å². The fourth-order valence-electron chi connectivity index (χ4n) is 1.74. The monoisotopic (exact) mass is 250 g/mol. The lowest BCUT2D eigenvalue weighted by Crippen LogP contribution is -2.38. The van der Waals surface area contributed by atoms with Gasteiger partial charge in [-0.05, 0) is 32.0 Å². The van der Waals surface area contributed by atoms with E-state index in [1.165, 1.54) is 0 Å². The first kappa shape index (κ1) is 14.7. The Balaban J connectivity index is 2.39. The van der Waals surface area contributed by atoms with E-state index in [0.717, 1.165) is 25.3 Å². The Bertz CT molecular complexity index is 341. The van der Waals surface area contributed by atoms with Gasteiger partial charge in [0.1, 0.15) is 0 Å². The van der Waals surface area contributed by atoms with Gasteiger partial charge in [0.2, 0.25) is 5.91 Å². The Morgan fingerprint density at radius 3 is 2.67 bits per heavy atom. The molecule has 1 aromatic carbocycles. The lowest BCUT2D eigenvalue weighted by atomic mass is 10.3. The molecule has 0 unspecified atom stereocenters. The van der Waals surface area contributed by atoms with Crippen LogP contribution >= 0.6 is 0 Å². The predicted molar refractivity (Wildman–Crippen MR) is 73.8 cm³/mol. The number of ether oxygens (including phenoxy) is 1. The molecule has 1 rings (SSSR count). The summed E-state index contributed by atoms with van der Waals surface area (Å²) in [5.41, 5.74) is 0.948. The van der Waals surface area contributed by atoms with Crippen LogP contribution in [0.25, 0.3) is 0 Å². The van der Waals surface area contributed by atoms with Gasteiger partial charge >= 0.3 is 0 Å². The van der Waals surface area contributed by atoms with Crippen molar-refractivity contribution in [2.45, 2.75) is 13.3 Å². The van der Waals surface area contributed by atoms with Gasteiger partial charge in [0.15, 0.2) is 0 Å². The first-order valence-electron chi connectivity index (χ1n) is 6.34. The van der Waals surface area contributed by atoms with E-state index in [-0.39, 0.29) is 5.91 Å². The van der Waals surface area contributed by atoms with Gasteiger partial charge in [0, 0.05) is 25.9 Å². The van der Waals surface area contributed by atoms with E-state index < -0.39 is 0 Å². The van der Waals surface area contributed by atoms with E-state index in [4.69, 9.17) is 4.74 Å². The fourth-order valence-corrected chi connectivity index (χ4v) is 1.74. The molecular formula is C14H22N2O2. The van der Waals surface area contributed by atoms with Crippen LogP contribution in [-0.4, -0.2) is 39.3 Å². The van der Waals surface area contributed by atoms with Crippen molar-refractivity contribution in [3.05, 3.63) is 30.3 Å². The number of methoxy groups -OCH3 is 1.